The molecule has 0 spiro atoms. The Bertz CT molecular complexity index is 684. The number of ether oxygens (including phenoxy) is 1. The number of hydrogen-bond donors (Lipinski definition) is 1. The molecule has 0 aliphatic heterocycles. The Morgan fingerprint density at radius 1 is 1.45 bits per heavy atom. The molecule has 0 radical (unpaired) electrons. The van der Waals surface area contributed by atoms with Gasteiger partial charge in [0.25, 0.3) is 5.91 Å². The van der Waals surface area contributed by atoms with Crippen molar-refractivity contribution in [3.63, 3.8) is 0 Å². The first-order valence-corrected chi connectivity index (χ1v) is 6.16. The summed E-state index contributed by atoms with van der Waals surface area (Å²) in [6.07, 6.45) is -1.28. The van der Waals surface area contributed by atoms with Gasteiger partial charge in [-0.2, -0.15) is 18.3 Å². The number of aromatic nitrogens is 4. The standard InChI is InChI=1S/C12H12F3N5O2/c1-3-20-5-7(9(19-20)12(13,14)15)11(21)18-10-8(22-2)4-16-6-17-10/h4-6H,3H2,1-2H3,(H,16,17,18,21). The number of nitrogens with one attached hydrogen (secondary N) is 1. The second-order valence-corrected chi connectivity index (χ2v) is 4.14. The van der Waals surface area contributed by atoms with Crippen molar-refractivity contribution in [3.05, 3.63) is 30.0 Å². The van der Waals surface area contributed by atoms with Gasteiger partial charge in [-0.05, 0) is 6.92 Å². The number of halogens is 3. The Morgan fingerprint density at radius 2 is 2.18 bits per heavy atom. The van der Waals surface area contributed by atoms with Gasteiger partial charge in [-0.25, -0.2) is 9.97 Å². The highest BCUT2D eigenvalue weighted by Gasteiger charge is 2.39. The molecule has 118 valence electrons. The predicted octanol–water partition coefficient (Wildman–Crippen LogP) is 1.97. The van der Waals surface area contributed by atoms with Crippen LogP contribution in [0.3, 0.4) is 0 Å². The molecular formula is C12H12F3N5O2. The zero-order valence-corrected chi connectivity index (χ0v) is 11.7. The van der Waals surface area contributed by atoms with Crippen molar-refractivity contribution in [3.8, 4) is 5.75 Å². The molecule has 0 fully saturated rings. The maximum absolute atomic E-state index is 12.9. The maximum atomic E-state index is 12.9. The summed E-state index contributed by atoms with van der Waals surface area (Å²) >= 11 is 0. The Morgan fingerprint density at radius 3 is 2.77 bits per heavy atom. The van der Waals surface area contributed by atoms with E-state index in [0.29, 0.717) is 0 Å². The van der Waals surface area contributed by atoms with E-state index in [1.165, 1.54) is 13.3 Å². The topological polar surface area (TPSA) is 81.9 Å². The van der Waals surface area contributed by atoms with Crippen molar-refractivity contribution in [1.82, 2.24) is 19.7 Å². The van der Waals surface area contributed by atoms with Gasteiger partial charge in [-0.1, -0.05) is 0 Å². The van der Waals surface area contributed by atoms with Gasteiger partial charge >= 0.3 is 6.18 Å². The van der Waals surface area contributed by atoms with Gasteiger partial charge in [0.05, 0.1) is 18.9 Å². The van der Waals surface area contributed by atoms with Gasteiger partial charge in [0, 0.05) is 12.7 Å². The fourth-order valence-electron chi connectivity index (χ4n) is 1.69. The van der Waals surface area contributed by atoms with Crippen molar-refractivity contribution in [1.29, 1.82) is 0 Å². The molecule has 1 amide bonds. The summed E-state index contributed by atoms with van der Waals surface area (Å²) in [6, 6.07) is 0. The summed E-state index contributed by atoms with van der Waals surface area (Å²) < 4.78 is 44.8. The first kappa shape index (κ1) is 15.7. The van der Waals surface area contributed by atoms with Crippen LogP contribution in [0, 0.1) is 0 Å². The van der Waals surface area contributed by atoms with Gasteiger partial charge in [0.15, 0.2) is 17.3 Å². The highest BCUT2D eigenvalue weighted by atomic mass is 19.4. The van der Waals surface area contributed by atoms with Crippen molar-refractivity contribution in [2.75, 3.05) is 12.4 Å². The van der Waals surface area contributed by atoms with Crippen LogP contribution in [0.5, 0.6) is 5.75 Å². The zero-order valence-electron chi connectivity index (χ0n) is 11.7. The largest absolute Gasteiger partial charge is 0.491 e. The highest BCUT2D eigenvalue weighted by Crippen LogP contribution is 2.31. The van der Waals surface area contributed by atoms with Gasteiger partial charge in [-0.3, -0.25) is 9.48 Å². The minimum Gasteiger partial charge on any atom is -0.491 e. The average Bonchev–Trinajstić information content (AvgIpc) is 2.92. The second kappa shape index (κ2) is 6.00. The minimum atomic E-state index is -4.73. The smallest absolute Gasteiger partial charge is 0.435 e. The molecule has 0 bridgehead atoms. The lowest BCUT2D eigenvalue weighted by molar-refractivity contribution is -0.141. The number of anilines is 1. The molecule has 1 N–H and O–H groups in total. The maximum Gasteiger partial charge on any atom is 0.435 e. The number of carbonyl (C=O) groups is 1. The molecule has 0 aliphatic carbocycles. The van der Waals surface area contributed by atoms with E-state index in [-0.39, 0.29) is 18.1 Å². The quantitative estimate of drug-likeness (QED) is 0.933. The van der Waals surface area contributed by atoms with Crippen molar-refractivity contribution in [2.45, 2.75) is 19.6 Å². The molecule has 2 heterocycles. The first-order chi connectivity index (χ1) is 10.4. The van der Waals surface area contributed by atoms with Crippen LogP contribution >= 0.6 is 0 Å². The Hall–Kier alpha value is -2.65. The van der Waals surface area contributed by atoms with E-state index in [2.05, 4.69) is 20.4 Å². The third-order valence-electron chi connectivity index (χ3n) is 2.73. The average molecular weight is 315 g/mol. The molecule has 2 rings (SSSR count). The van der Waals surface area contributed by atoms with Gasteiger partial charge in [0.1, 0.15) is 6.33 Å². The minimum absolute atomic E-state index is 0.0279. The van der Waals surface area contributed by atoms with Crippen LogP contribution in [-0.2, 0) is 12.7 Å². The molecule has 22 heavy (non-hydrogen) atoms. The fraction of sp³-hybridized carbons (Fsp3) is 0.333. The molecule has 10 heteroatoms. The van der Waals surface area contributed by atoms with Gasteiger partial charge in [-0.15, -0.1) is 0 Å². The van der Waals surface area contributed by atoms with Crippen LogP contribution in [0.1, 0.15) is 23.0 Å². The number of alkyl halides is 3. The van der Waals surface area contributed by atoms with Crippen LogP contribution in [-0.4, -0.2) is 32.8 Å². The van der Waals surface area contributed by atoms with Crippen LogP contribution in [0.2, 0.25) is 0 Å². The molecule has 0 aliphatic rings. The van der Waals surface area contributed by atoms with E-state index >= 15 is 0 Å². The Labute approximate surface area is 123 Å². The monoisotopic (exact) mass is 315 g/mol. The van der Waals surface area contributed by atoms with E-state index in [4.69, 9.17) is 4.74 Å². The van der Waals surface area contributed by atoms with Crippen LogP contribution in [0.25, 0.3) is 0 Å². The second-order valence-electron chi connectivity index (χ2n) is 4.14. The Balaban J connectivity index is 2.35. The van der Waals surface area contributed by atoms with Crippen molar-refractivity contribution >= 4 is 11.7 Å². The third kappa shape index (κ3) is 3.15. The number of hydrogen-bond acceptors (Lipinski definition) is 5. The van der Waals surface area contributed by atoms with E-state index in [1.54, 1.807) is 6.92 Å². The molecular weight excluding hydrogens is 303 g/mol. The molecule has 0 aromatic carbocycles. The number of amides is 1. The number of methoxy groups -OCH3 is 1. The lowest BCUT2D eigenvalue weighted by Gasteiger charge is -2.09. The van der Waals surface area contributed by atoms with Crippen LogP contribution in [0.15, 0.2) is 18.7 Å². The fourth-order valence-corrected chi connectivity index (χ4v) is 1.69. The lowest BCUT2D eigenvalue weighted by atomic mass is 10.2. The number of carbonyl (C=O) groups excluding carboxylic acids is 1. The van der Waals surface area contributed by atoms with E-state index in [0.717, 1.165) is 17.2 Å². The number of nitrogens with zero attached hydrogens (tertiary/aromatic N) is 4. The highest BCUT2D eigenvalue weighted by molar-refractivity contribution is 6.05. The van der Waals surface area contributed by atoms with Crippen molar-refractivity contribution < 1.29 is 22.7 Å². The van der Waals surface area contributed by atoms with E-state index < -0.39 is 23.3 Å². The van der Waals surface area contributed by atoms with E-state index in [1.807, 2.05) is 0 Å². The Kier molecular flexibility index (Phi) is 4.29. The molecule has 0 unspecified atom stereocenters. The molecule has 2 aromatic rings. The summed E-state index contributed by atoms with van der Waals surface area (Å²) in [5.41, 5.74) is -1.84. The molecule has 2 aromatic heterocycles. The SMILES string of the molecule is CCn1cc(C(=O)Nc2ncncc2OC)c(C(F)(F)F)n1. The summed E-state index contributed by atoms with van der Waals surface area (Å²) in [6.45, 7) is 1.81. The summed E-state index contributed by atoms with van der Waals surface area (Å²) in [5, 5.41) is 5.63. The summed E-state index contributed by atoms with van der Waals surface area (Å²) in [5.74, 6) is -0.879. The summed E-state index contributed by atoms with van der Waals surface area (Å²) in [7, 11) is 1.32. The summed E-state index contributed by atoms with van der Waals surface area (Å²) in [4.78, 5) is 19.5. The molecule has 0 saturated carbocycles. The number of rotatable bonds is 4. The number of aryl methyl sites for hydroxylation is 1. The first-order valence-electron chi connectivity index (χ1n) is 6.16. The van der Waals surface area contributed by atoms with E-state index in [9.17, 15) is 18.0 Å². The van der Waals surface area contributed by atoms with Crippen molar-refractivity contribution in [2.24, 2.45) is 0 Å². The lowest BCUT2D eigenvalue weighted by Crippen LogP contribution is -2.18. The molecule has 0 saturated heterocycles. The van der Waals surface area contributed by atoms with Crippen LogP contribution < -0.4 is 10.1 Å². The predicted molar refractivity (Wildman–Crippen MR) is 69.4 cm³/mol. The zero-order chi connectivity index (χ0) is 16.3. The molecule has 0 atom stereocenters. The van der Waals surface area contributed by atoms with Gasteiger partial charge < -0.3 is 10.1 Å². The third-order valence-corrected chi connectivity index (χ3v) is 2.73. The van der Waals surface area contributed by atoms with Crippen LogP contribution in [0.4, 0.5) is 19.0 Å². The molecule has 7 nitrogen and oxygen atoms in total. The normalized spacial score (nSPS) is 11.3. The van der Waals surface area contributed by atoms with Gasteiger partial charge in [0.2, 0.25) is 0 Å².